The summed E-state index contributed by atoms with van der Waals surface area (Å²) in [6.45, 7) is 16.8. The van der Waals surface area contributed by atoms with Gasteiger partial charge in [-0.2, -0.15) is 0 Å². The summed E-state index contributed by atoms with van der Waals surface area (Å²) in [5.74, 6) is 0.775. The van der Waals surface area contributed by atoms with E-state index in [0.717, 1.165) is 48.9 Å². The number of aliphatic imine (C=N–C) groups is 1. The summed E-state index contributed by atoms with van der Waals surface area (Å²) < 4.78 is 15.1. The van der Waals surface area contributed by atoms with E-state index in [9.17, 15) is 4.79 Å². The smallest absolute Gasteiger partial charge is 0.265 e. The molecule has 1 aliphatic carbocycles. The van der Waals surface area contributed by atoms with Crippen LogP contribution in [0.25, 0.3) is 5.57 Å². The number of hydrogen-bond donors (Lipinski definition) is 0. The van der Waals surface area contributed by atoms with E-state index < -0.39 is 0 Å². The van der Waals surface area contributed by atoms with Crippen molar-refractivity contribution in [2.45, 2.75) is 99.5 Å². The number of carbonyl (C=O) groups excluding carboxylic acids is 1. The van der Waals surface area contributed by atoms with Gasteiger partial charge in [-0.3, -0.25) is 4.79 Å². The molecule has 0 N–H and O–H groups in total. The summed E-state index contributed by atoms with van der Waals surface area (Å²) in [5, 5.41) is 0. The molecule has 1 amide bonds. The Labute approximate surface area is 219 Å². The lowest BCUT2D eigenvalue weighted by Gasteiger charge is -2.27. The van der Waals surface area contributed by atoms with Gasteiger partial charge in [0.1, 0.15) is 11.6 Å². The molecule has 200 valence electrons. The number of allylic oxidation sites excluding steroid dienone is 5. The first kappa shape index (κ1) is 31.3. The van der Waals surface area contributed by atoms with Crippen LogP contribution in [0, 0.1) is 5.82 Å². The predicted octanol–water partition coefficient (Wildman–Crippen LogP) is 8.33. The highest BCUT2D eigenvalue weighted by atomic mass is 19.1. The Bertz CT molecular complexity index is 957. The van der Waals surface area contributed by atoms with Crippen LogP contribution in [0.5, 0.6) is 0 Å². The molecule has 0 spiro atoms. The SMILES string of the molecule is C/C=C(/CC)N(C)C(=C\C(=C/C)c1ccc(C2CC2)cc1F)/N=C/C(=O)N(CC)C(C)CCC.CC. The van der Waals surface area contributed by atoms with Crippen molar-refractivity contribution in [2.75, 3.05) is 13.6 Å². The molecule has 1 unspecified atom stereocenters. The molecule has 1 atom stereocenters. The van der Waals surface area contributed by atoms with Gasteiger partial charge in [-0.05, 0) is 82.6 Å². The summed E-state index contributed by atoms with van der Waals surface area (Å²) >= 11 is 0. The summed E-state index contributed by atoms with van der Waals surface area (Å²) in [7, 11) is 1.93. The number of amides is 1. The Hall–Kier alpha value is -2.69. The Morgan fingerprint density at radius 1 is 1.17 bits per heavy atom. The molecule has 0 aliphatic heterocycles. The van der Waals surface area contributed by atoms with Crippen molar-refractivity contribution < 1.29 is 9.18 Å². The predicted molar refractivity (Wildman–Crippen MR) is 154 cm³/mol. The lowest BCUT2D eigenvalue weighted by Crippen LogP contribution is -2.39. The zero-order chi connectivity index (χ0) is 27.3. The summed E-state index contributed by atoms with van der Waals surface area (Å²) in [5.41, 5.74) is 3.43. The third-order valence-electron chi connectivity index (χ3n) is 6.59. The van der Waals surface area contributed by atoms with Crippen LogP contribution in [0.2, 0.25) is 0 Å². The number of rotatable bonds is 12. The van der Waals surface area contributed by atoms with Crippen LogP contribution >= 0.6 is 0 Å². The van der Waals surface area contributed by atoms with Crippen LogP contribution in [0.1, 0.15) is 105 Å². The fourth-order valence-electron chi connectivity index (χ4n) is 4.35. The fourth-order valence-corrected chi connectivity index (χ4v) is 4.35. The number of benzene rings is 1. The van der Waals surface area contributed by atoms with Crippen LogP contribution in [-0.4, -0.2) is 41.6 Å². The third-order valence-corrected chi connectivity index (χ3v) is 6.59. The Balaban J connectivity index is 0.00000316. The molecule has 0 saturated heterocycles. The van der Waals surface area contributed by atoms with Gasteiger partial charge in [-0.15, -0.1) is 0 Å². The van der Waals surface area contributed by atoms with Gasteiger partial charge in [-0.25, -0.2) is 9.38 Å². The Morgan fingerprint density at radius 3 is 2.31 bits per heavy atom. The lowest BCUT2D eigenvalue weighted by atomic mass is 10.0. The lowest BCUT2D eigenvalue weighted by molar-refractivity contribution is -0.125. The largest absolute Gasteiger partial charge is 0.335 e. The second kappa shape index (κ2) is 16.1. The molecular formula is C31H48FN3O. The molecular weight excluding hydrogens is 449 g/mol. The highest BCUT2D eigenvalue weighted by Gasteiger charge is 2.24. The number of nitrogens with zero attached hydrogens (tertiary/aromatic N) is 3. The van der Waals surface area contributed by atoms with Crippen LogP contribution in [0.4, 0.5) is 4.39 Å². The topological polar surface area (TPSA) is 35.9 Å². The monoisotopic (exact) mass is 497 g/mol. The van der Waals surface area contributed by atoms with Gasteiger partial charge in [-0.1, -0.05) is 58.4 Å². The average molecular weight is 498 g/mol. The summed E-state index contributed by atoms with van der Waals surface area (Å²) in [6, 6.07) is 5.72. The molecule has 0 bridgehead atoms. The van der Waals surface area contributed by atoms with Gasteiger partial charge in [0, 0.05) is 30.9 Å². The molecule has 0 aromatic heterocycles. The molecule has 2 rings (SSSR count). The van der Waals surface area contributed by atoms with Gasteiger partial charge in [0.2, 0.25) is 0 Å². The van der Waals surface area contributed by atoms with Crippen LogP contribution in [-0.2, 0) is 4.79 Å². The number of halogens is 1. The maximum absolute atomic E-state index is 15.1. The zero-order valence-corrected chi connectivity index (χ0v) is 24.1. The van der Waals surface area contributed by atoms with Crippen molar-refractivity contribution in [3.63, 3.8) is 0 Å². The van der Waals surface area contributed by atoms with E-state index in [0.29, 0.717) is 23.8 Å². The fraction of sp³-hybridized carbons (Fsp3) is 0.548. The van der Waals surface area contributed by atoms with E-state index in [1.165, 1.54) is 6.21 Å². The van der Waals surface area contributed by atoms with Crippen molar-refractivity contribution >= 4 is 17.7 Å². The minimum Gasteiger partial charge on any atom is -0.335 e. The molecule has 1 aromatic rings. The van der Waals surface area contributed by atoms with Gasteiger partial charge >= 0.3 is 0 Å². The normalized spacial score (nSPS) is 15.4. The highest BCUT2D eigenvalue weighted by Crippen LogP contribution is 2.41. The molecule has 0 radical (unpaired) electrons. The maximum atomic E-state index is 15.1. The summed E-state index contributed by atoms with van der Waals surface area (Å²) in [6.07, 6.45) is 12.3. The van der Waals surface area contributed by atoms with Crippen LogP contribution in [0.15, 0.2) is 52.9 Å². The van der Waals surface area contributed by atoms with Crippen molar-refractivity contribution in [3.8, 4) is 0 Å². The zero-order valence-electron chi connectivity index (χ0n) is 24.1. The standard InChI is InChI=1S/C29H42FN3O.C2H6/c1-8-13-21(6)33(12-5)29(34)20-31-28(32(7)25(10-3)11-4)19-22(9-2)26-17-16-24(18-27(26)30)23-14-15-23;1-2/h9-10,16-21,23H,8,11-15H2,1-7H3;1-2H3/b22-9+,25-10-,28-19-,31-20+;. The third kappa shape index (κ3) is 8.76. The number of hydrogen-bond acceptors (Lipinski definition) is 3. The Morgan fingerprint density at radius 2 is 1.83 bits per heavy atom. The second-order valence-corrected chi connectivity index (χ2v) is 8.97. The Kier molecular flexibility index (Phi) is 14.0. The van der Waals surface area contributed by atoms with E-state index in [1.807, 2.05) is 81.8 Å². The van der Waals surface area contributed by atoms with E-state index in [1.54, 1.807) is 6.07 Å². The highest BCUT2D eigenvalue weighted by molar-refractivity contribution is 6.26. The average Bonchev–Trinajstić information content (AvgIpc) is 3.73. The molecule has 4 nitrogen and oxygen atoms in total. The first-order valence-electron chi connectivity index (χ1n) is 13.7. The van der Waals surface area contributed by atoms with Gasteiger partial charge in [0.05, 0.1) is 6.21 Å². The first-order valence-corrected chi connectivity index (χ1v) is 13.7. The second-order valence-electron chi connectivity index (χ2n) is 8.97. The van der Waals surface area contributed by atoms with E-state index >= 15 is 4.39 Å². The van der Waals surface area contributed by atoms with Crippen molar-refractivity contribution in [1.29, 1.82) is 0 Å². The van der Waals surface area contributed by atoms with Crippen LogP contribution < -0.4 is 0 Å². The quantitative estimate of drug-likeness (QED) is 0.215. The molecule has 5 heteroatoms. The molecule has 1 aliphatic rings. The van der Waals surface area contributed by atoms with Crippen LogP contribution in [0.3, 0.4) is 0 Å². The van der Waals surface area contributed by atoms with Crippen molar-refractivity contribution in [2.24, 2.45) is 4.99 Å². The minimum atomic E-state index is -0.219. The molecule has 1 aromatic carbocycles. The van der Waals surface area contributed by atoms with Crippen molar-refractivity contribution in [1.82, 2.24) is 9.80 Å². The minimum absolute atomic E-state index is 0.108. The van der Waals surface area contributed by atoms with E-state index in [-0.39, 0.29) is 17.8 Å². The van der Waals surface area contributed by atoms with E-state index in [2.05, 4.69) is 25.8 Å². The molecule has 1 saturated carbocycles. The van der Waals surface area contributed by atoms with Gasteiger partial charge in [0.25, 0.3) is 5.91 Å². The number of carbonyl (C=O) groups is 1. The maximum Gasteiger partial charge on any atom is 0.265 e. The first-order chi connectivity index (χ1) is 17.3. The van der Waals surface area contributed by atoms with Crippen molar-refractivity contribution in [3.05, 3.63) is 64.9 Å². The molecule has 36 heavy (non-hydrogen) atoms. The molecule has 0 heterocycles. The van der Waals surface area contributed by atoms with Gasteiger partial charge < -0.3 is 9.80 Å². The van der Waals surface area contributed by atoms with Gasteiger partial charge in [0.15, 0.2) is 0 Å². The van der Waals surface area contributed by atoms with E-state index in [4.69, 9.17) is 0 Å². The summed E-state index contributed by atoms with van der Waals surface area (Å²) in [4.78, 5) is 21.4. The molecule has 1 fully saturated rings.